The lowest BCUT2D eigenvalue weighted by molar-refractivity contribution is -0.133. The molecule has 0 fully saturated rings. The van der Waals surface area contributed by atoms with Gasteiger partial charge < -0.3 is 20.1 Å². The molecule has 2 aromatic rings. The maximum atomic E-state index is 11.0. The van der Waals surface area contributed by atoms with Crippen molar-refractivity contribution in [2.24, 2.45) is 0 Å². The van der Waals surface area contributed by atoms with E-state index < -0.39 is 11.9 Å². The Balaban J connectivity index is 2.24. The Hall–Kier alpha value is -2.95. The number of aliphatic hydroxyl groups is 1. The molecule has 5 heteroatoms. The van der Waals surface area contributed by atoms with E-state index in [9.17, 15) is 15.0 Å². The van der Waals surface area contributed by atoms with Gasteiger partial charge in [0.05, 0.1) is 0 Å². The van der Waals surface area contributed by atoms with E-state index in [-0.39, 0.29) is 23.2 Å². The van der Waals surface area contributed by atoms with Crippen LogP contribution in [0.3, 0.4) is 0 Å². The molecule has 132 valence electrons. The number of phenolic OH excluding ortho intramolecular Hbond substituents is 1. The molecule has 0 amide bonds. The van der Waals surface area contributed by atoms with Crippen molar-refractivity contribution in [1.82, 2.24) is 0 Å². The summed E-state index contributed by atoms with van der Waals surface area (Å²) in [6.45, 7) is 5.75. The van der Waals surface area contributed by atoms with Crippen LogP contribution in [0.4, 0.5) is 0 Å². The van der Waals surface area contributed by atoms with Crippen LogP contribution in [-0.2, 0) is 10.2 Å². The lowest BCUT2D eigenvalue weighted by Gasteiger charge is -2.26. The second kappa shape index (κ2) is 7.30. The SMILES string of the molecule is CCC(C(=O)O)=C(O)Oc1ccc(C(C)(C)c2ccc(O)cc2)cc1. The first-order valence-corrected chi connectivity index (χ1v) is 7.99. The van der Waals surface area contributed by atoms with Crippen LogP contribution < -0.4 is 4.74 Å². The van der Waals surface area contributed by atoms with Crippen molar-refractivity contribution in [3.8, 4) is 11.5 Å². The lowest BCUT2D eigenvalue weighted by Crippen LogP contribution is -2.18. The molecule has 0 aromatic heterocycles. The highest BCUT2D eigenvalue weighted by atomic mass is 16.6. The summed E-state index contributed by atoms with van der Waals surface area (Å²) in [6, 6.07) is 14.1. The summed E-state index contributed by atoms with van der Waals surface area (Å²) in [5.41, 5.74) is 1.59. The number of hydrogen-bond donors (Lipinski definition) is 3. The summed E-state index contributed by atoms with van der Waals surface area (Å²) in [4.78, 5) is 11.0. The standard InChI is InChI=1S/C20H22O5/c1-4-17(18(22)23)19(24)25-16-11-7-14(8-12-16)20(2,3)13-5-9-15(21)10-6-13/h5-12,21,24H,4H2,1-3H3,(H,22,23). The van der Waals surface area contributed by atoms with Crippen LogP contribution in [0.2, 0.25) is 0 Å². The largest absolute Gasteiger partial charge is 0.508 e. The molecule has 0 aliphatic heterocycles. The summed E-state index contributed by atoms with van der Waals surface area (Å²) in [5.74, 6) is -1.23. The van der Waals surface area contributed by atoms with Gasteiger partial charge in [-0.2, -0.15) is 0 Å². The van der Waals surface area contributed by atoms with Crippen molar-refractivity contribution in [2.75, 3.05) is 0 Å². The first-order valence-electron chi connectivity index (χ1n) is 7.99. The molecule has 0 aliphatic carbocycles. The number of aromatic hydroxyl groups is 1. The van der Waals surface area contributed by atoms with Crippen LogP contribution in [-0.4, -0.2) is 21.3 Å². The molecule has 2 aromatic carbocycles. The van der Waals surface area contributed by atoms with Crippen LogP contribution >= 0.6 is 0 Å². The fraction of sp³-hybridized carbons (Fsp3) is 0.250. The Morgan fingerprint density at radius 2 is 1.44 bits per heavy atom. The Morgan fingerprint density at radius 3 is 1.88 bits per heavy atom. The minimum atomic E-state index is -1.20. The zero-order chi connectivity index (χ0) is 18.6. The van der Waals surface area contributed by atoms with Crippen LogP contribution in [0.15, 0.2) is 60.0 Å². The highest BCUT2D eigenvalue weighted by Gasteiger charge is 2.23. The molecule has 0 bridgehead atoms. The number of hydrogen-bond acceptors (Lipinski definition) is 4. The molecule has 3 N–H and O–H groups in total. The van der Waals surface area contributed by atoms with Gasteiger partial charge in [-0.1, -0.05) is 45.0 Å². The lowest BCUT2D eigenvalue weighted by atomic mass is 9.78. The van der Waals surface area contributed by atoms with E-state index in [1.165, 1.54) is 0 Å². The minimum absolute atomic E-state index is 0.160. The third kappa shape index (κ3) is 4.12. The number of ether oxygens (including phenoxy) is 1. The van der Waals surface area contributed by atoms with Gasteiger partial charge in [-0.3, -0.25) is 0 Å². The van der Waals surface area contributed by atoms with Gasteiger partial charge in [0.25, 0.3) is 5.95 Å². The van der Waals surface area contributed by atoms with E-state index >= 15 is 0 Å². The van der Waals surface area contributed by atoms with Gasteiger partial charge >= 0.3 is 5.97 Å². The van der Waals surface area contributed by atoms with Crippen LogP contribution in [0.1, 0.15) is 38.3 Å². The first kappa shape index (κ1) is 18.4. The predicted molar refractivity (Wildman–Crippen MR) is 94.9 cm³/mol. The molecule has 5 nitrogen and oxygen atoms in total. The number of aliphatic carboxylic acids is 1. The molecule has 0 heterocycles. The van der Waals surface area contributed by atoms with Gasteiger partial charge in [0.2, 0.25) is 0 Å². The number of carboxylic acids is 1. The Morgan fingerprint density at radius 1 is 0.960 bits per heavy atom. The quantitative estimate of drug-likeness (QED) is 0.536. The second-order valence-electron chi connectivity index (χ2n) is 6.24. The number of rotatable bonds is 6. The van der Waals surface area contributed by atoms with E-state index in [0.717, 1.165) is 11.1 Å². The number of aliphatic hydroxyl groups excluding tert-OH is 1. The maximum Gasteiger partial charge on any atom is 0.338 e. The van der Waals surface area contributed by atoms with Crippen molar-refractivity contribution in [2.45, 2.75) is 32.6 Å². The molecule has 25 heavy (non-hydrogen) atoms. The Bertz CT molecular complexity index is 771. The zero-order valence-electron chi connectivity index (χ0n) is 14.5. The molecule has 0 saturated carbocycles. The summed E-state index contributed by atoms with van der Waals surface area (Å²) in [5, 5.41) is 28.3. The fourth-order valence-electron chi connectivity index (χ4n) is 2.55. The Kier molecular flexibility index (Phi) is 5.37. The average molecular weight is 342 g/mol. The molecule has 0 unspecified atom stereocenters. The second-order valence-corrected chi connectivity index (χ2v) is 6.24. The number of carbonyl (C=O) groups is 1. The number of carboxylic acid groups (broad SMARTS) is 1. The molecule has 0 aliphatic rings. The topological polar surface area (TPSA) is 87.0 Å². The van der Waals surface area contributed by atoms with Gasteiger partial charge in [-0.05, 0) is 41.8 Å². The van der Waals surface area contributed by atoms with Crippen molar-refractivity contribution in [3.05, 3.63) is 71.2 Å². The molecular weight excluding hydrogens is 320 g/mol. The van der Waals surface area contributed by atoms with Crippen LogP contribution in [0.5, 0.6) is 11.5 Å². The molecule has 0 atom stereocenters. The molecule has 0 saturated heterocycles. The normalized spacial score (nSPS) is 12.4. The van der Waals surface area contributed by atoms with Gasteiger partial charge in [0.15, 0.2) is 0 Å². The highest BCUT2D eigenvalue weighted by Crippen LogP contribution is 2.33. The van der Waals surface area contributed by atoms with E-state index in [2.05, 4.69) is 13.8 Å². The summed E-state index contributed by atoms with van der Waals surface area (Å²) >= 11 is 0. The molecule has 0 radical (unpaired) electrons. The van der Waals surface area contributed by atoms with Crippen molar-refractivity contribution >= 4 is 5.97 Å². The van der Waals surface area contributed by atoms with Crippen LogP contribution in [0, 0.1) is 0 Å². The van der Waals surface area contributed by atoms with E-state index in [1.54, 1.807) is 31.2 Å². The molecule has 2 rings (SSSR count). The van der Waals surface area contributed by atoms with E-state index in [0.29, 0.717) is 5.75 Å². The molecule has 0 spiro atoms. The monoisotopic (exact) mass is 342 g/mol. The smallest absolute Gasteiger partial charge is 0.338 e. The number of phenols is 1. The fourth-order valence-corrected chi connectivity index (χ4v) is 2.55. The van der Waals surface area contributed by atoms with Crippen LogP contribution in [0.25, 0.3) is 0 Å². The Labute approximate surface area is 146 Å². The predicted octanol–water partition coefficient (Wildman–Crippen LogP) is 4.36. The average Bonchev–Trinajstić information content (AvgIpc) is 2.56. The first-order chi connectivity index (χ1) is 11.8. The summed E-state index contributed by atoms with van der Waals surface area (Å²) in [6.07, 6.45) is 0.160. The minimum Gasteiger partial charge on any atom is -0.508 e. The third-order valence-corrected chi connectivity index (χ3v) is 4.25. The van der Waals surface area contributed by atoms with Crippen molar-refractivity contribution < 1.29 is 24.9 Å². The van der Waals surface area contributed by atoms with Crippen molar-refractivity contribution in [3.63, 3.8) is 0 Å². The van der Waals surface area contributed by atoms with Gasteiger partial charge in [0, 0.05) is 5.41 Å². The van der Waals surface area contributed by atoms with E-state index in [1.807, 2.05) is 24.3 Å². The van der Waals surface area contributed by atoms with E-state index in [4.69, 9.17) is 9.84 Å². The molecular formula is C20H22O5. The van der Waals surface area contributed by atoms with Crippen molar-refractivity contribution in [1.29, 1.82) is 0 Å². The zero-order valence-corrected chi connectivity index (χ0v) is 14.5. The summed E-state index contributed by atoms with van der Waals surface area (Å²) < 4.78 is 5.24. The summed E-state index contributed by atoms with van der Waals surface area (Å²) in [7, 11) is 0. The highest BCUT2D eigenvalue weighted by molar-refractivity contribution is 5.86. The third-order valence-electron chi connectivity index (χ3n) is 4.25. The maximum absolute atomic E-state index is 11.0. The number of benzene rings is 2. The van der Waals surface area contributed by atoms with Gasteiger partial charge in [-0.15, -0.1) is 0 Å². The van der Waals surface area contributed by atoms with Gasteiger partial charge in [-0.25, -0.2) is 4.79 Å². The van der Waals surface area contributed by atoms with Gasteiger partial charge in [0.1, 0.15) is 17.1 Å².